The zero-order chi connectivity index (χ0) is 25.2. The number of aromatic amines is 1. The van der Waals surface area contributed by atoms with E-state index < -0.39 is 5.91 Å². The number of fused-ring (bicyclic) bond motifs is 2. The molecule has 0 aliphatic rings. The summed E-state index contributed by atoms with van der Waals surface area (Å²) in [6.45, 7) is 0.332. The van der Waals surface area contributed by atoms with E-state index in [4.69, 9.17) is 4.98 Å². The first-order valence-electron chi connectivity index (χ1n) is 12.0. The number of hydrogen-bond donors (Lipinski definition) is 2. The van der Waals surface area contributed by atoms with Crippen molar-refractivity contribution in [2.45, 2.75) is 6.54 Å². The third kappa shape index (κ3) is 4.36. The molecule has 0 radical (unpaired) electrons. The molecule has 3 aromatic heterocycles. The van der Waals surface area contributed by atoms with Gasteiger partial charge < -0.3 is 10.3 Å². The van der Waals surface area contributed by atoms with E-state index in [1.165, 1.54) is 6.20 Å². The molecule has 6 rings (SSSR count). The van der Waals surface area contributed by atoms with Crippen LogP contribution in [0.15, 0.2) is 114 Å². The maximum absolute atomic E-state index is 13.5. The maximum atomic E-state index is 13.5. The third-order valence-electron chi connectivity index (χ3n) is 6.37. The first-order chi connectivity index (χ1) is 18.2. The molecule has 0 saturated heterocycles. The largest absolute Gasteiger partial charge is 0.348 e. The molecule has 0 bridgehead atoms. The number of amides is 1. The highest BCUT2D eigenvalue weighted by molar-refractivity contribution is 5.99. The number of nitrogens with one attached hydrogen (secondary N) is 2. The minimum absolute atomic E-state index is 0.0475. The Morgan fingerprint density at radius 3 is 2.43 bits per heavy atom. The van der Waals surface area contributed by atoms with Crippen LogP contribution in [0.3, 0.4) is 0 Å². The van der Waals surface area contributed by atoms with Crippen LogP contribution >= 0.6 is 0 Å². The maximum Gasteiger partial charge on any atom is 0.257 e. The van der Waals surface area contributed by atoms with Gasteiger partial charge in [-0.05, 0) is 35.4 Å². The van der Waals surface area contributed by atoms with Crippen LogP contribution < -0.4 is 10.7 Å². The van der Waals surface area contributed by atoms with E-state index in [1.807, 2.05) is 97.1 Å². The van der Waals surface area contributed by atoms with Crippen LogP contribution in [0.1, 0.15) is 15.9 Å². The SMILES string of the molecule is O=C(NCc1ccccc1)c1c[nH]c2nc(-c3ccccc3)c(-c3ccc4ncccc4c3)cc2c1=O. The van der Waals surface area contributed by atoms with Gasteiger partial charge in [0.15, 0.2) is 0 Å². The minimum Gasteiger partial charge on any atom is -0.348 e. The molecule has 0 aliphatic carbocycles. The molecule has 2 N–H and O–H groups in total. The highest BCUT2D eigenvalue weighted by Gasteiger charge is 2.18. The van der Waals surface area contributed by atoms with Crippen molar-refractivity contribution in [1.29, 1.82) is 0 Å². The van der Waals surface area contributed by atoms with Crippen LogP contribution in [0, 0.1) is 0 Å². The quantitative estimate of drug-likeness (QED) is 0.328. The third-order valence-corrected chi connectivity index (χ3v) is 6.37. The summed E-state index contributed by atoms with van der Waals surface area (Å²) in [4.78, 5) is 38.8. The van der Waals surface area contributed by atoms with Gasteiger partial charge in [-0.2, -0.15) is 0 Å². The lowest BCUT2D eigenvalue weighted by Gasteiger charge is -2.13. The Labute approximate surface area is 212 Å². The summed E-state index contributed by atoms with van der Waals surface area (Å²) in [6.07, 6.45) is 3.20. The lowest BCUT2D eigenvalue weighted by molar-refractivity contribution is 0.0949. The van der Waals surface area contributed by atoms with Gasteiger partial charge in [-0.15, -0.1) is 0 Å². The van der Waals surface area contributed by atoms with Gasteiger partial charge in [0.1, 0.15) is 11.2 Å². The van der Waals surface area contributed by atoms with E-state index in [0.29, 0.717) is 17.6 Å². The summed E-state index contributed by atoms with van der Waals surface area (Å²) >= 11 is 0. The number of carbonyl (C=O) groups is 1. The molecule has 0 saturated carbocycles. The molecule has 0 atom stereocenters. The number of H-pyrrole nitrogens is 1. The average molecular weight is 483 g/mol. The van der Waals surface area contributed by atoms with Gasteiger partial charge in [0, 0.05) is 35.5 Å². The number of carbonyl (C=O) groups excluding carboxylic acids is 1. The van der Waals surface area contributed by atoms with Gasteiger partial charge in [-0.25, -0.2) is 4.98 Å². The van der Waals surface area contributed by atoms with E-state index >= 15 is 0 Å². The fourth-order valence-corrected chi connectivity index (χ4v) is 4.47. The van der Waals surface area contributed by atoms with Crippen molar-refractivity contribution < 1.29 is 4.79 Å². The monoisotopic (exact) mass is 482 g/mol. The molecule has 0 fully saturated rings. The van der Waals surface area contributed by atoms with Crippen molar-refractivity contribution in [3.8, 4) is 22.4 Å². The van der Waals surface area contributed by atoms with Crippen molar-refractivity contribution in [2.24, 2.45) is 0 Å². The van der Waals surface area contributed by atoms with Crippen LogP contribution in [0.2, 0.25) is 0 Å². The summed E-state index contributed by atoms with van der Waals surface area (Å²) in [5, 5.41) is 4.18. The Hall–Kier alpha value is -5.10. The van der Waals surface area contributed by atoms with Gasteiger partial charge in [-0.1, -0.05) is 72.8 Å². The van der Waals surface area contributed by atoms with Crippen molar-refractivity contribution in [3.63, 3.8) is 0 Å². The Morgan fingerprint density at radius 2 is 1.62 bits per heavy atom. The number of rotatable bonds is 5. The number of nitrogens with zero attached hydrogens (tertiary/aromatic N) is 2. The van der Waals surface area contributed by atoms with Gasteiger partial charge in [-0.3, -0.25) is 14.6 Å². The van der Waals surface area contributed by atoms with Crippen LogP contribution in [-0.4, -0.2) is 20.9 Å². The molecular weight excluding hydrogens is 460 g/mol. The topological polar surface area (TPSA) is 87.7 Å². The molecule has 6 heteroatoms. The molecule has 6 nitrogen and oxygen atoms in total. The summed E-state index contributed by atoms with van der Waals surface area (Å²) in [7, 11) is 0. The average Bonchev–Trinajstić information content (AvgIpc) is 2.96. The fraction of sp³-hybridized carbons (Fsp3) is 0.0323. The second-order valence-corrected chi connectivity index (χ2v) is 8.76. The van der Waals surface area contributed by atoms with E-state index in [0.717, 1.165) is 38.9 Å². The molecule has 0 unspecified atom stereocenters. The summed E-state index contributed by atoms with van der Waals surface area (Å²) in [5.74, 6) is -0.433. The number of benzene rings is 3. The molecule has 3 heterocycles. The molecule has 6 aromatic rings. The highest BCUT2D eigenvalue weighted by Crippen LogP contribution is 2.33. The summed E-state index contributed by atoms with van der Waals surface area (Å²) < 4.78 is 0. The molecule has 37 heavy (non-hydrogen) atoms. The van der Waals surface area contributed by atoms with Gasteiger partial charge in [0.2, 0.25) is 5.43 Å². The Balaban J connectivity index is 1.48. The predicted molar refractivity (Wildman–Crippen MR) is 146 cm³/mol. The summed E-state index contributed by atoms with van der Waals surface area (Å²) in [5.41, 5.74) is 5.33. The lowest BCUT2D eigenvalue weighted by Crippen LogP contribution is -2.28. The number of aromatic nitrogens is 3. The minimum atomic E-state index is -0.433. The van der Waals surface area contributed by atoms with Crippen molar-refractivity contribution >= 4 is 27.8 Å². The van der Waals surface area contributed by atoms with Crippen molar-refractivity contribution in [1.82, 2.24) is 20.3 Å². The Bertz CT molecular complexity index is 1810. The smallest absolute Gasteiger partial charge is 0.257 e. The first-order valence-corrected chi connectivity index (χ1v) is 12.0. The van der Waals surface area contributed by atoms with E-state index in [-0.39, 0.29) is 11.0 Å². The molecule has 3 aromatic carbocycles. The number of pyridine rings is 3. The van der Waals surface area contributed by atoms with Crippen molar-refractivity contribution in [3.05, 3.63) is 131 Å². The Kier molecular flexibility index (Phi) is 5.75. The van der Waals surface area contributed by atoms with E-state index in [9.17, 15) is 9.59 Å². The van der Waals surface area contributed by atoms with Gasteiger partial charge in [0.05, 0.1) is 16.6 Å². The normalized spacial score (nSPS) is 11.0. The van der Waals surface area contributed by atoms with Gasteiger partial charge in [0.25, 0.3) is 5.91 Å². The number of hydrogen-bond acceptors (Lipinski definition) is 4. The molecular formula is C31H22N4O2. The van der Waals surface area contributed by atoms with Crippen LogP contribution in [-0.2, 0) is 6.54 Å². The second-order valence-electron chi connectivity index (χ2n) is 8.76. The predicted octanol–water partition coefficient (Wildman–Crippen LogP) is 5.74. The Morgan fingerprint density at radius 1 is 0.838 bits per heavy atom. The molecule has 178 valence electrons. The van der Waals surface area contributed by atoms with Crippen LogP contribution in [0.5, 0.6) is 0 Å². The lowest BCUT2D eigenvalue weighted by atomic mass is 9.96. The summed E-state index contributed by atoms with van der Waals surface area (Å²) in [6, 6.07) is 31.1. The standard InChI is InChI=1S/C31H22N4O2/c36-29-25-17-24(22-13-14-27-23(16-22)12-7-15-32-27)28(21-10-5-2-6-11-21)35-30(25)33-19-26(29)31(37)34-18-20-8-3-1-4-9-20/h1-17,19H,18H2,(H,34,37)(H,33,35,36). The second kappa shape index (κ2) is 9.51. The molecule has 1 amide bonds. The van der Waals surface area contributed by atoms with E-state index in [1.54, 1.807) is 6.20 Å². The highest BCUT2D eigenvalue weighted by atomic mass is 16.2. The molecule has 0 spiro atoms. The van der Waals surface area contributed by atoms with Gasteiger partial charge >= 0.3 is 0 Å². The molecule has 0 aliphatic heterocycles. The fourth-order valence-electron chi connectivity index (χ4n) is 4.47. The van der Waals surface area contributed by atoms with Crippen molar-refractivity contribution in [2.75, 3.05) is 0 Å². The first kappa shape index (κ1) is 22.4. The van der Waals surface area contributed by atoms with Crippen LogP contribution in [0.4, 0.5) is 0 Å². The zero-order valence-corrected chi connectivity index (χ0v) is 19.8. The zero-order valence-electron chi connectivity index (χ0n) is 19.8. The van der Waals surface area contributed by atoms with E-state index in [2.05, 4.69) is 15.3 Å². The van der Waals surface area contributed by atoms with Crippen LogP contribution in [0.25, 0.3) is 44.3 Å².